The van der Waals surface area contributed by atoms with E-state index in [-0.39, 0.29) is 6.04 Å². The molecule has 1 aromatic carbocycles. The smallest absolute Gasteiger partial charge is 0.0900 e. The van der Waals surface area contributed by atoms with Gasteiger partial charge in [-0.25, -0.2) is 5.43 Å². The summed E-state index contributed by atoms with van der Waals surface area (Å²) in [6.45, 7) is 2.87. The zero-order chi connectivity index (χ0) is 13.8. The molecular formula is C13H17BrN4S. The molecule has 0 spiro atoms. The molecule has 0 fully saturated rings. The summed E-state index contributed by atoms with van der Waals surface area (Å²) in [5, 5.41) is 4.35. The number of benzene rings is 1. The van der Waals surface area contributed by atoms with Crippen LogP contribution in [0.3, 0.4) is 0 Å². The number of nitrogens with two attached hydrogens (primary N) is 1. The number of rotatable bonds is 5. The quantitative estimate of drug-likeness (QED) is 0.499. The lowest BCUT2D eigenvalue weighted by Gasteiger charge is -2.20. The topological polar surface area (TPSA) is 55.9 Å². The maximum Gasteiger partial charge on any atom is 0.0900 e. The summed E-state index contributed by atoms with van der Waals surface area (Å²) in [7, 11) is 0. The van der Waals surface area contributed by atoms with Crippen LogP contribution in [0.25, 0.3) is 0 Å². The van der Waals surface area contributed by atoms with Crippen LogP contribution >= 0.6 is 27.7 Å². The Kier molecular flexibility index (Phi) is 5.04. The molecule has 4 nitrogen and oxygen atoms in total. The van der Waals surface area contributed by atoms with Gasteiger partial charge in [-0.05, 0) is 40.7 Å². The molecule has 1 atom stereocenters. The van der Waals surface area contributed by atoms with Gasteiger partial charge >= 0.3 is 0 Å². The molecule has 2 aromatic rings. The second kappa shape index (κ2) is 6.56. The van der Waals surface area contributed by atoms with Crippen LogP contribution in [0, 0.1) is 0 Å². The van der Waals surface area contributed by atoms with Crippen LogP contribution in [0.2, 0.25) is 0 Å². The molecule has 0 aliphatic heterocycles. The standard InChI is InChI=1S/C13H17BrN4S/c1-3-18-13(10(14)8-16-18)12(17-15)9-6-4-5-7-11(9)19-2/h4-8,12,17H,3,15H2,1-2H3. The molecule has 3 N–H and O–H groups in total. The monoisotopic (exact) mass is 340 g/mol. The van der Waals surface area contributed by atoms with Crippen LogP contribution in [-0.2, 0) is 6.54 Å². The van der Waals surface area contributed by atoms with Gasteiger partial charge in [0.2, 0.25) is 0 Å². The SMILES string of the molecule is CCn1ncc(Br)c1C(NN)c1ccccc1SC. The molecule has 1 unspecified atom stereocenters. The first-order chi connectivity index (χ1) is 9.22. The van der Waals surface area contributed by atoms with E-state index in [9.17, 15) is 0 Å². The Hall–Kier alpha value is -0.820. The highest BCUT2D eigenvalue weighted by Crippen LogP contribution is 2.33. The summed E-state index contributed by atoms with van der Waals surface area (Å²) in [5.74, 6) is 5.79. The molecule has 19 heavy (non-hydrogen) atoms. The summed E-state index contributed by atoms with van der Waals surface area (Å²) in [5.41, 5.74) is 5.12. The van der Waals surface area contributed by atoms with Crippen molar-refractivity contribution in [1.29, 1.82) is 0 Å². The summed E-state index contributed by atoms with van der Waals surface area (Å²) in [4.78, 5) is 1.21. The van der Waals surface area contributed by atoms with Crippen molar-refractivity contribution < 1.29 is 0 Å². The number of halogens is 1. The first-order valence-corrected chi connectivity index (χ1v) is 8.04. The normalized spacial score (nSPS) is 12.6. The van der Waals surface area contributed by atoms with Crippen molar-refractivity contribution in [2.45, 2.75) is 24.4 Å². The van der Waals surface area contributed by atoms with E-state index in [1.54, 1.807) is 11.8 Å². The summed E-state index contributed by atoms with van der Waals surface area (Å²) in [6.07, 6.45) is 3.88. The molecule has 0 bridgehead atoms. The summed E-state index contributed by atoms with van der Waals surface area (Å²) in [6, 6.07) is 8.18. The van der Waals surface area contributed by atoms with Gasteiger partial charge in [-0.1, -0.05) is 18.2 Å². The van der Waals surface area contributed by atoms with Crippen LogP contribution in [0.15, 0.2) is 39.8 Å². The van der Waals surface area contributed by atoms with Crippen molar-refractivity contribution in [3.63, 3.8) is 0 Å². The molecule has 0 radical (unpaired) electrons. The highest BCUT2D eigenvalue weighted by Gasteiger charge is 2.22. The highest BCUT2D eigenvalue weighted by atomic mass is 79.9. The van der Waals surface area contributed by atoms with Gasteiger partial charge in [0.25, 0.3) is 0 Å². The lowest BCUT2D eigenvalue weighted by Crippen LogP contribution is -2.31. The first kappa shape index (κ1) is 14.6. The third-order valence-electron chi connectivity index (χ3n) is 3.02. The van der Waals surface area contributed by atoms with E-state index >= 15 is 0 Å². The van der Waals surface area contributed by atoms with Crippen LogP contribution in [0.5, 0.6) is 0 Å². The van der Waals surface area contributed by atoms with Gasteiger partial charge in [0.05, 0.1) is 22.4 Å². The predicted molar refractivity (Wildman–Crippen MR) is 83.0 cm³/mol. The van der Waals surface area contributed by atoms with Crippen molar-refractivity contribution in [2.24, 2.45) is 5.84 Å². The molecule has 0 saturated carbocycles. The summed E-state index contributed by atoms with van der Waals surface area (Å²) < 4.78 is 2.92. The Labute approximate surface area is 125 Å². The minimum Gasteiger partial charge on any atom is -0.271 e. The molecule has 0 amide bonds. The zero-order valence-corrected chi connectivity index (χ0v) is 13.3. The Morgan fingerprint density at radius 1 is 1.47 bits per heavy atom. The fraction of sp³-hybridized carbons (Fsp3) is 0.308. The second-order valence-corrected chi connectivity index (χ2v) is 5.74. The number of hydrogen-bond donors (Lipinski definition) is 2. The van der Waals surface area contributed by atoms with Crippen molar-refractivity contribution in [1.82, 2.24) is 15.2 Å². The molecule has 1 heterocycles. The maximum absolute atomic E-state index is 5.79. The van der Waals surface area contributed by atoms with Gasteiger partial charge in [-0.2, -0.15) is 5.10 Å². The molecular weight excluding hydrogens is 324 g/mol. The van der Waals surface area contributed by atoms with E-state index in [4.69, 9.17) is 5.84 Å². The van der Waals surface area contributed by atoms with Gasteiger partial charge < -0.3 is 0 Å². The predicted octanol–water partition coefficient (Wildman–Crippen LogP) is 2.94. The van der Waals surface area contributed by atoms with Crippen LogP contribution < -0.4 is 11.3 Å². The Balaban J connectivity index is 2.53. The molecule has 2 rings (SSSR count). The largest absolute Gasteiger partial charge is 0.271 e. The van der Waals surface area contributed by atoms with E-state index in [1.807, 2.05) is 23.0 Å². The van der Waals surface area contributed by atoms with Gasteiger partial charge in [0, 0.05) is 11.4 Å². The minimum absolute atomic E-state index is 0.0829. The van der Waals surface area contributed by atoms with E-state index < -0.39 is 0 Å². The number of nitrogens with one attached hydrogen (secondary N) is 1. The number of aromatic nitrogens is 2. The Morgan fingerprint density at radius 3 is 2.84 bits per heavy atom. The Bertz CT molecular complexity index is 555. The van der Waals surface area contributed by atoms with Crippen molar-refractivity contribution in [2.75, 3.05) is 6.26 Å². The van der Waals surface area contributed by atoms with E-state index in [0.29, 0.717) is 0 Å². The van der Waals surface area contributed by atoms with Crippen molar-refractivity contribution >= 4 is 27.7 Å². The van der Waals surface area contributed by atoms with Crippen molar-refractivity contribution in [3.8, 4) is 0 Å². The molecule has 1 aromatic heterocycles. The zero-order valence-electron chi connectivity index (χ0n) is 10.9. The number of hydrogen-bond acceptors (Lipinski definition) is 4. The van der Waals surface area contributed by atoms with Gasteiger partial charge in [-0.3, -0.25) is 10.5 Å². The van der Waals surface area contributed by atoms with Crippen LogP contribution in [-0.4, -0.2) is 16.0 Å². The number of aryl methyl sites for hydroxylation is 1. The third kappa shape index (κ3) is 2.86. The van der Waals surface area contributed by atoms with Crippen molar-refractivity contribution in [3.05, 3.63) is 46.2 Å². The van der Waals surface area contributed by atoms with Gasteiger partial charge in [0.15, 0.2) is 0 Å². The van der Waals surface area contributed by atoms with Crippen LogP contribution in [0.4, 0.5) is 0 Å². The maximum atomic E-state index is 5.79. The molecule has 102 valence electrons. The minimum atomic E-state index is -0.0829. The fourth-order valence-corrected chi connectivity index (χ4v) is 3.29. The van der Waals surface area contributed by atoms with E-state index in [1.165, 1.54) is 4.90 Å². The van der Waals surface area contributed by atoms with Gasteiger partial charge in [0.1, 0.15) is 0 Å². The number of thioether (sulfide) groups is 1. The number of hydrazine groups is 1. The average molecular weight is 341 g/mol. The average Bonchev–Trinajstić information content (AvgIpc) is 2.82. The fourth-order valence-electron chi connectivity index (χ4n) is 2.13. The lowest BCUT2D eigenvalue weighted by molar-refractivity contribution is 0.537. The number of nitrogens with zero attached hydrogens (tertiary/aromatic N) is 2. The molecule has 6 heteroatoms. The molecule has 0 aliphatic carbocycles. The third-order valence-corrected chi connectivity index (χ3v) is 4.45. The first-order valence-electron chi connectivity index (χ1n) is 6.03. The molecule has 0 saturated heterocycles. The Morgan fingerprint density at radius 2 is 2.21 bits per heavy atom. The summed E-state index contributed by atoms with van der Waals surface area (Å²) >= 11 is 5.27. The van der Waals surface area contributed by atoms with Crippen LogP contribution in [0.1, 0.15) is 24.2 Å². The van der Waals surface area contributed by atoms with E-state index in [0.717, 1.165) is 22.3 Å². The second-order valence-electron chi connectivity index (χ2n) is 4.04. The van der Waals surface area contributed by atoms with E-state index in [2.05, 4.69) is 51.8 Å². The lowest BCUT2D eigenvalue weighted by atomic mass is 10.0. The molecule has 0 aliphatic rings. The van der Waals surface area contributed by atoms with Gasteiger partial charge in [-0.15, -0.1) is 11.8 Å². The highest BCUT2D eigenvalue weighted by molar-refractivity contribution is 9.10.